The van der Waals surface area contributed by atoms with Gasteiger partial charge in [-0.3, -0.25) is 9.78 Å². The first-order chi connectivity index (χ1) is 9.11. The first kappa shape index (κ1) is 13.3. The Kier molecular flexibility index (Phi) is 3.96. The molecule has 0 bridgehead atoms. The molecule has 1 fully saturated rings. The molecule has 19 heavy (non-hydrogen) atoms. The van der Waals surface area contributed by atoms with Crippen molar-refractivity contribution in [3.05, 3.63) is 24.0 Å². The SMILES string of the molecule is CNC(=O)c1cc(N2CCOC(C(=O)O)C2)ccn1. The van der Waals surface area contributed by atoms with Gasteiger partial charge in [-0.1, -0.05) is 0 Å². The third kappa shape index (κ3) is 3.00. The van der Waals surface area contributed by atoms with E-state index in [0.29, 0.717) is 18.8 Å². The van der Waals surface area contributed by atoms with Gasteiger partial charge in [-0.15, -0.1) is 0 Å². The first-order valence-corrected chi connectivity index (χ1v) is 5.89. The number of rotatable bonds is 3. The monoisotopic (exact) mass is 265 g/mol. The lowest BCUT2D eigenvalue weighted by atomic mass is 10.2. The van der Waals surface area contributed by atoms with Gasteiger partial charge in [0.1, 0.15) is 5.69 Å². The zero-order valence-electron chi connectivity index (χ0n) is 10.5. The van der Waals surface area contributed by atoms with Crippen LogP contribution in [-0.4, -0.2) is 54.8 Å². The summed E-state index contributed by atoms with van der Waals surface area (Å²) in [4.78, 5) is 28.3. The highest BCUT2D eigenvalue weighted by Gasteiger charge is 2.26. The Morgan fingerprint density at radius 3 is 3.05 bits per heavy atom. The highest BCUT2D eigenvalue weighted by Crippen LogP contribution is 2.18. The molecule has 0 aliphatic carbocycles. The van der Waals surface area contributed by atoms with Gasteiger partial charge in [0.25, 0.3) is 5.91 Å². The van der Waals surface area contributed by atoms with Crippen molar-refractivity contribution < 1.29 is 19.4 Å². The van der Waals surface area contributed by atoms with E-state index in [1.807, 2.05) is 4.90 Å². The smallest absolute Gasteiger partial charge is 0.334 e. The minimum Gasteiger partial charge on any atom is -0.479 e. The number of carbonyl (C=O) groups excluding carboxylic acids is 1. The Hall–Kier alpha value is -2.15. The number of hydrogen-bond donors (Lipinski definition) is 2. The van der Waals surface area contributed by atoms with Crippen molar-refractivity contribution >= 4 is 17.6 Å². The summed E-state index contributed by atoms with van der Waals surface area (Å²) >= 11 is 0. The van der Waals surface area contributed by atoms with Crippen molar-refractivity contribution in [3.63, 3.8) is 0 Å². The predicted molar refractivity (Wildman–Crippen MR) is 67.2 cm³/mol. The summed E-state index contributed by atoms with van der Waals surface area (Å²) in [6, 6.07) is 3.39. The minimum absolute atomic E-state index is 0.256. The number of morpholine rings is 1. The summed E-state index contributed by atoms with van der Waals surface area (Å²) in [5.74, 6) is -1.25. The Labute approximate surface area is 110 Å². The van der Waals surface area contributed by atoms with E-state index in [-0.39, 0.29) is 12.5 Å². The minimum atomic E-state index is -0.981. The lowest BCUT2D eigenvalue weighted by Gasteiger charge is -2.32. The number of nitrogens with one attached hydrogen (secondary N) is 1. The molecule has 1 saturated heterocycles. The average molecular weight is 265 g/mol. The van der Waals surface area contributed by atoms with Crippen LogP contribution >= 0.6 is 0 Å². The molecule has 0 radical (unpaired) electrons. The normalized spacial score (nSPS) is 19.0. The standard InChI is InChI=1S/C12H15N3O4/c1-13-11(16)9-6-8(2-3-14-9)15-4-5-19-10(7-15)12(17)18/h2-3,6,10H,4-5,7H2,1H3,(H,13,16)(H,17,18). The molecule has 1 unspecified atom stereocenters. The molecule has 2 rings (SSSR count). The summed E-state index contributed by atoms with van der Waals surface area (Å²) in [6.45, 7) is 1.18. The maximum absolute atomic E-state index is 11.5. The number of hydrogen-bond acceptors (Lipinski definition) is 5. The fourth-order valence-electron chi connectivity index (χ4n) is 1.90. The molecule has 1 aromatic heterocycles. The van der Waals surface area contributed by atoms with Crippen LogP contribution in [0.5, 0.6) is 0 Å². The Bertz CT molecular complexity index is 492. The van der Waals surface area contributed by atoms with Crippen LogP contribution in [0.3, 0.4) is 0 Å². The van der Waals surface area contributed by atoms with Crippen molar-refractivity contribution in [2.24, 2.45) is 0 Å². The molecule has 7 nitrogen and oxygen atoms in total. The highest BCUT2D eigenvalue weighted by molar-refractivity contribution is 5.92. The van der Waals surface area contributed by atoms with Gasteiger partial charge in [-0.2, -0.15) is 0 Å². The lowest BCUT2D eigenvalue weighted by molar-refractivity contribution is -0.150. The second kappa shape index (κ2) is 5.66. The number of anilines is 1. The molecule has 1 aromatic rings. The quantitative estimate of drug-likeness (QED) is 0.781. The fourth-order valence-corrected chi connectivity index (χ4v) is 1.90. The molecule has 1 atom stereocenters. The third-order valence-electron chi connectivity index (χ3n) is 2.91. The summed E-state index contributed by atoms with van der Waals surface area (Å²) < 4.78 is 5.15. The van der Waals surface area contributed by atoms with Gasteiger partial charge in [-0.25, -0.2) is 4.79 Å². The van der Waals surface area contributed by atoms with Crippen LogP contribution in [0.25, 0.3) is 0 Å². The third-order valence-corrected chi connectivity index (χ3v) is 2.91. The summed E-state index contributed by atoms with van der Waals surface area (Å²) in [5, 5.41) is 11.5. The van der Waals surface area contributed by atoms with E-state index in [0.717, 1.165) is 5.69 Å². The van der Waals surface area contributed by atoms with Crippen LogP contribution in [0.2, 0.25) is 0 Å². The zero-order valence-corrected chi connectivity index (χ0v) is 10.5. The molecular weight excluding hydrogens is 250 g/mol. The van der Waals surface area contributed by atoms with Crippen LogP contribution in [0.4, 0.5) is 5.69 Å². The number of amides is 1. The molecule has 0 saturated carbocycles. The van der Waals surface area contributed by atoms with Crippen molar-refractivity contribution in [1.82, 2.24) is 10.3 Å². The summed E-state index contributed by atoms with van der Waals surface area (Å²) in [7, 11) is 1.53. The second-order valence-electron chi connectivity index (χ2n) is 4.12. The van der Waals surface area contributed by atoms with E-state index in [2.05, 4.69) is 10.3 Å². The molecule has 2 heterocycles. The molecule has 102 valence electrons. The fraction of sp³-hybridized carbons (Fsp3) is 0.417. The molecule has 2 N–H and O–H groups in total. The van der Waals surface area contributed by atoms with Gasteiger partial charge in [0.15, 0.2) is 6.10 Å². The van der Waals surface area contributed by atoms with Crippen molar-refractivity contribution in [2.75, 3.05) is 31.6 Å². The molecule has 0 aromatic carbocycles. The number of aromatic nitrogens is 1. The van der Waals surface area contributed by atoms with Crippen LogP contribution in [0.1, 0.15) is 10.5 Å². The lowest BCUT2D eigenvalue weighted by Crippen LogP contribution is -2.46. The van der Waals surface area contributed by atoms with Crippen LogP contribution in [0, 0.1) is 0 Å². The number of carbonyl (C=O) groups is 2. The van der Waals surface area contributed by atoms with Gasteiger partial charge < -0.3 is 20.1 Å². The Morgan fingerprint density at radius 1 is 1.58 bits per heavy atom. The Morgan fingerprint density at radius 2 is 2.37 bits per heavy atom. The maximum atomic E-state index is 11.5. The van der Waals surface area contributed by atoms with E-state index in [4.69, 9.17) is 9.84 Å². The van der Waals surface area contributed by atoms with Gasteiger partial charge >= 0.3 is 5.97 Å². The van der Waals surface area contributed by atoms with Crippen molar-refractivity contribution in [2.45, 2.75) is 6.10 Å². The number of carboxylic acid groups (broad SMARTS) is 1. The number of aliphatic carboxylic acids is 1. The van der Waals surface area contributed by atoms with Crippen LogP contribution in [0.15, 0.2) is 18.3 Å². The predicted octanol–water partition coefficient (Wildman–Crippen LogP) is -0.269. The number of nitrogens with zero attached hydrogens (tertiary/aromatic N) is 2. The van der Waals surface area contributed by atoms with E-state index >= 15 is 0 Å². The molecular formula is C12H15N3O4. The van der Waals surface area contributed by atoms with E-state index in [9.17, 15) is 9.59 Å². The first-order valence-electron chi connectivity index (χ1n) is 5.89. The molecule has 1 aliphatic heterocycles. The topological polar surface area (TPSA) is 91.8 Å². The highest BCUT2D eigenvalue weighted by atomic mass is 16.5. The van der Waals surface area contributed by atoms with Gasteiger partial charge in [0.05, 0.1) is 13.2 Å². The maximum Gasteiger partial charge on any atom is 0.334 e. The largest absolute Gasteiger partial charge is 0.479 e. The zero-order chi connectivity index (χ0) is 13.8. The number of carboxylic acids is 1. The molecule has 0 spiro atoms. The van der Waals surface area contributed by atoms with E-state index in [1.54, 1.807) is 12.1 Å². The number of pyridine rings is 1. The van der Waals surface area contributed by atoms with Crippen molar-refractivity contribution in [1.29, 1.82) is 0 Å². The summed E-state index contributed by atoms with van der Waals surface area (Å²) in [6.07, 6.45) is 0.691. The molecule has 7 heteroatoms. The molecule has 1 aliphatic rings. The van der Waals surface area contributed by atoms with Gasteiger partial charge in [0.2, 0.25) is 0 Å². The summed E-state index contributed by atoms with van der Waals surface area (Å²) in [5.41, 5.74) is 1.07. The van der Waals surface area contributed by atoms with Crippen molar-refractivity contribution in [3.8, 4) is 0 Å². The number of ether oxygens (including phenoxy) is 1. The van der Waals surface area contributed by atoms with E-state index < -0.39 is 12.1 Å². The van der Waals surface area contributed by atoms with Gasteiger partial charge in [0, 0.05) is 25.5 Å². The van der Waals surface area contributed by atoms with Crippen LogP contribution in [-0.2, 0) is 9.53 Å². The second-order valence-corrected chi connectivity index (χ2v) is 4.12. The molecule has 1 amide bonds. The van der Waals surface area contributed by atoms with Crippen LogP contribution < -0.4 is 10.2 Å². The average Bonchev–Trinajstić information content (AvgIpc) is 2.46. The van der Waals surface area contributed by atoms with Gasteiger partial charge in [-0.05, 0) is 12.1 Å². The Balaban J connectivity index is 2.17. The van der Waals surface area contributed by atoms with E-state index in [1.165, 1.54) is 13.2 Å².